The second-order valence-corrected chi connectivity index (χ2v) is 6.17. The highest BCUT2D eigenvalue weighted by Gasteiger charge is 2.34. The van der Waals surface area contributed by atoms with Crippen LogP contribution in [0.15, 0.2) is 0 Å². The molecule has 2 atom stereocenters. The van der Waals surface area contributed by atoms with Crippen molar-refractivity contribution >= 4 is 11.9 Å². The van der Waals surface area contributed by atoms with Gasteiger partial charge in [-0.25, -0.2) is 4.79 Å². The van der Waals surface area contributed by atoms with Crippen LogP contribution < -0.4 is 0 Å². The molecule has 1 amide bonds. The molecule has 2 heterocycles. The van der Waals surface area contributed by atoms with Gasteiger partial charge in [0.25, 0.3) is 0 Å². The number of likely N-dealkylation sites (tertiary alicyclic amines) is 2. The number of esters is 1. The standard InChI is InChI=1S/C16H28N2O3/c1-3-21-16(20)14-9-5-7-11-18(14)15(19)12-17-10-6-4-8-13(17)2/h13-14H,3-12H2,1-2H3. The highest BCUT2D eigenvalue weighted by molar-refractivity contribution is 5.85. The fourth-order valence-corrected chi connectivity index (χ4v) is 3.37. The fraction of sp³-hybridized carbons (Fsp3) is 0.875. The topological polar surface area (TPSA) is 49.9 Å². The SMILES string of the molecule is CCOC(=O)C1CCCCN1C(=O)CN1CCCCC1C. The minimum Gasteiger partial charge on any atom is -0.464 e. The number of hydrogen-bond acceptors (Lipinski definition) is 4. The first-order chi connectivity index (χ1) is 10.1. The minimum absolute atomic E-state index is 0.0847. The van der Waals surface area contributed by atoms with Crippen LogP contribution in [0.2, 0.25) is 0 Å². The quantitative estimate of drug-likeness (QED) is 0.742. The van der Waals surface area contributed by atoms with Gasteiger partial charge in [0.2, 0.25) is 5.91 Å². The molecule has 0 aliphatic carbocycles. The molecule has 2 aliphatic heterocycles. The number of carbonyl (C=O) groups excluding carboxylic acids is 2. The fourth-order valence-electron chi connectivity index (χ4n) is 3.37. The maximum atomic E-state index is 12.6. The van der Waals surface area contributed by atoms with E-state index in [0.717, 1.165) is 32.2 Å². The maximum Gasteiger partial charge on any atom is 0.328 e. The summed E-state index contributed by atoms with van der Waals surface area (Å²) in [6.07, 6.45) is 6.29. The predicted molar refractivity (Wildman–Crippen MR) is 80.9 cm³/mol. The Morgan fingerprint density at radius 3 is 2.52 bits per heavy atom. The van der Waals surface area contributed by atoms with Gasteiger partial charge in [-0.2, -0.15) is 0 Å². The Hall–Kier alpha value is -1.10. The van der Waals surface area contributed by atoms with Gasteiger partial charge in [-0.1, -0.05) is 6.42 Å². The zero-order chi connectivity index (χ0) is 15.2. The number of piperidine rings is 2. The summed E-state index contributed by atoms with van der Waals surface area (Å²) in [5, 5.41) is 0. The normalized spacial score (nSPS) is 27.4. The monoisotopic (exact) mass is 296 g/mol. The summed E-state index contributed by atoms with van der Waals surface area (Å²) in [7, 11) is 0. The van der Waals surface area contributed by atoms with Crippen LogP contribution in [-0.2, 0) is 14.3 Å². The summed E-state index contributed by atoms with van der Waals surface area (Å²) >= 11 is 0. The van der Waals surface area contributed by atoms with E-state index in [2.05, 4.69) is 11.8 Å². The van der Waals surface area contributed by atoms with Crippen LogP contribution in [0.5, 0.6) is 0 Å². The lowest BCUT2D eigenvalue weighted by Crippen LogP contribution is -2.53. The van der Waals surface area contributed by atoms with Gasteiger partial charge in [-0.15, -0.1) is 0 Å². The average molecular weight is 296 g/mol. The van der Waals surface area contributed by atoms with Crippen molar-refractivity contribution in [3.05, 3.63) is 0 Å². The Kier molecular flexibility index (Phi) is 6.03. The van der Waals surface area contributed by atoms with Crippen molar-refractivity contribution in [1.29, 1.82) is 0 Å². The van der Waals surface area contributed by atoms with Crippen molar-refractivity contribution in [2.45, 2.75) is 64.5 Å². The van der Waals surface area contributed by atoms with E-state index in [4.69, 9.17) is 4.74 Å². The van der Waals surface area contributed by atoms with Gasteiger partial charge in [0.15, 0.2) is 0 Å². The summed E-state index contributed by atoms with van der Waals surface area (Å²) in [5.74, 6) is -0.154. The number of amides is 1. The lowest BCUT2D eigenvalue weighted by Gasteiger charge is -2.38. The van der Waals surface area contributed by atoms with E-state index in [1.807, 2.05) is 6.92 Å². The van der Waals surface area contributed by atoms with E-state index in [0.29, 0.717) is 25.7 Å². The van der Waals surface area contributed by atoms with Crippen LogP contribution in [0.3, 0.4) is 0 Å². The lowest BCUT2D eigenvalue weighted by atomic mass is 10.0. The maximum absolute atomic E-state index is 12.6. The summed E-state index contributed by atoms with van der Waals surface area (Å²) in [4.78, 5) is 28.7. The van der Waals surface area contributed by atoms with Gasteiger partial charge in [0.05, 0.1) is 13.2 Å². The first-order valence-electron chi connectivity index (χ1n) is 8.33. The minimum atomic E-state index is -0.369. The molecule has 2 unspecified atom stereocenters. The van der Waals surface area contributed by atoms with Crippen molar-refractivity contribution in [3.8, 4) is 0 Å². The molecule has 0 aromatic carbocycles. The summed E-state index contributed by atoms with van der Waals surface area (Å²) in [5.41, 5.74) is 0. The molecule has 120 valence electrons. The second kappa shape index (κ2) is 7.78. The highest BCUT2D eigenvalue weighted by atomic mass is 16.5. The van der Waals surface area contributed by atoms with Crippen LogP contribution >= 0.6 is 0 Å². The van der Waals surface area contributed by atoms with E-state index >= 15 is 0 Å². The Labute approximate surface area is 127 Å². The number of carbonyl (C=O) groups is 2. The predicted octanol–water partition coefficient (Wildman–Crippen LogP) is 1.80. The summed E-state index contributed by atoms with van der Waals surface area (Å²) in [6, 6.07) is 0.0971. The molecule has 2 rings (SSSR count). The summed E-state index contributed by atoms with van der Waals surface area (Å²) in [6.45, 7) is 6.49. The van der Waals surface area contributed by atoms with Crippen LogP contribution in [-0.4, -0.2) is 60.0 Å². The molecule has 21 heavy (non-hydrogen) atoms. The van der Waals surface area contributed by atoms with Crippen molar-refractivity contribution < 1.29 is 14.3 Å². The van der Waals surface area contributed by atoms with E-state index in [1.165, 1.54) is 12.8 Å². The third-order valence-electron chi connectivity index (χ3n) is 4.66. The number of nitrogens with zero attached hydrogens (tertiary/aromatic N) is 2. The largest absolute Gasteiger partial charge is 0.464 e. The number of ether oxygens (including phenoxy) is 1. The van der Waals surface area contributed by atoms with E-state index in [-0.39, 0.29) is 17.9 Å². The number of hydrogen-bond donors (Lipinski definition) is 0. The van der Waals surface area contributed by atoms with Crippen LogP contribution in [0, 0.1) is 0 Å². The van der Waals surface area contributed by atoms with Crippen molar-refractivity contribution in [1.82, 2.24) is 9.80 Å². The molecule has 5 heteroatoms. The average Bonchev–Trinajstić information content (AvgIpc) is 2.50. The molecule has 0 spiro atoms. The van der Waals surface area contributed by atoms with Crippen molar-refractivity contribution in [3.63, 3.8) is 0 Å². The van der Waals surface area contributed by atoms with Gasteiger partial charge in [-0.05, 0) is 52.5 Å². The third-order valence-corrected chi connectivity index (χ3v) is 4.66. The van der Waals surface area contributed by atoms with Crippen molar-refractivity contribution in [2.75, 3.05) is 26.2 Å². The van der Waals surface area contributed by atoms with E-state index < -0.39 is 0 Å². The molecule has 0 saturated carbocycles. The Morgan fingerprint density at radius 1 is 1.10 bits per heavy atom. The smallest absolute Gasteiger partial charge is 0.328 e. The first-order valence-corrected chi connectivity index (χ1v) is 8.33. The molecular formula is C16H28N2O3. The Balaban J connectivity index is 1.96. The van der Waals surface area contributed by atoms with Gasteiger partial charge in [-0.3, -0.25) is 9.69 Å². The lowest BCUT2D eigenvalue weighted by molar-refractivity contribution is -0.157. The van der Waals surface area contributed by atoms with Crippen LogP contribution in [0.4, 0.5) is 0 Å². The van der Waals surface area contributed by atoms with Crippen molar-refractivity contribution in [2.24, 2.45) is 0 Å². The molecule has 2 aliphatic rings. The van der Waals surface area contributed by atoms with Gasteiger partial charge in [0, 0.05) is 12.6 Å². The first kappa shape index (κ1) is 16.3. The number of rotatable bonds is 4. The molecule has 5 nitrogen and oxygen atoms in total. The Bertz CT molecular complexity index is 373. The van der Waals surface area contributed by atoms with Crippen LogP contribution in [0.25, 0.3) is 0 Å². The second-order valence-electron chi connectivity index (χ2n) is 6.17. The van der Waals surface area contributed by atoms with E-state index in [9.17, 15) is 9.59 Å². The van der Waals surface area contributed by atoms with E-state index in [1.54, 1.807) is 4.90 Å². The van der Waals surface area contributed by atoms with Gasteiger partial charge in [0.1, 0.15) is 6.04 Å². The van der Waals surface area contributed by atoms with Gasteiger partial charge < -0.3 is 9.64 Å². The van der Waals surface area contributed by atoms with Crippen LogP contribution in [0.1, 0.15) is 52.4 Å². The zero-order valence-corrected chi connectivity index (χ0v) is 13.3. The molecule has 2 saturated heterocycles. The Morgan fingerprint density at radius 2 is 1.81 bits per heavy atom. The highest BCUT2D eigenvalue weighted by Crippen LogP contribution is 2.21. The zero-order valence-electron chi connectivity index (χ0n) is 13.3. The van der Waals surface area contributed by atoms with Gasteiger partial charge >= 0.3 is 5.97 Å². The third kappa shape index (κ3) is 4.19. The molecule has 0 aromatic heterocycles. The summed E-state index contributed by atoms with van der Waals surface area (Å²) < 4.78 is 5.13. The molecule has 2 fully saturated rings. The molecule has 0 radical (unpaired) electrons. The molecule has 0 aromatic rings. The molecule has 0 N–H and O–H groups in total. The molecular weight excluding hydrogens is 268 g/mol. The molecule has 0 bridgehead atoms.